The standard InChI is InChI=1S/C16H23F3N2/c1-2-21(13-6-4-3-5-7-13)14-9-8-12(11-20)15(10-14)16(17,18)19/h8-10,13H,2-7,11,20H2,1H3. The number of halogens is 3. The average Bonchev–Trinajstić information content (AvgIpc) is 2.48. The summed E-state index contributed by atoms with van der Waals surface area (Å²) in [6, 6.07) is 4.91. The molecule has 2 N–H and O–H groups in total. The van der Waals surface area contributed by atoms with Crippen LogP contribution in [0.4, 0.5) is 18.9 Å². The summed E-state index contributed by atoms with van der Waals surface area (Å²) in [6.07, 6.45) is 1.33. The maximum Gasteiger partial charge on any atom is 0.416 e. The summed E-state index contributed by atoms with van der Waals surface area (Å²) >= 11 is 0. The highest BCUT2D eigenvalue weighted by Gasteiger charge is 2.34. The van der Waals surface area contributed by atoms with Crippen molar-refractivity contribution in [2.24, 2.45) is 5.73 Å². The molecule has 0 heterocycles. The predicted molar refractivity (Wildman–Crippen MR) is 79.2 cm³/mol. The van der Waals surface area contributed by atoms with Crippen LogP contribution in [0.2, 0.25) is 0 Å². The summed E-state index contributed by atoms with van der Waals surface area (Å²) in [7, 11) is 0. The van der Waals surface area contributed by atoms with Crippen LogP contribution in [0, 0.1) is 0 Å². The van der Waals surface area contributed by atoms with Crippen LogP contribution in [0.1, 0.15) is 50.2 Å². The number of rotatable bonds is 4. The first-order valence-corrected chi connectivity index (χ1v) is 7.64. The van der Waals surface area contributed by atoms with Crippen molar-refractivity contribution in [3.8, 4) is 0 Å². The molecule has 0 amide bonds. The molecule has 21 heavy (non-hydrogen) atoms. The Balaban J connectivity index is 2.33. The van der Waals surface area contributed by atoms with Gasteiger partial charge in [-0.25, -0.2) is 0 Å². The molecule has 1 aliphatic rings. The van der Waals surface area contributed by atoms with Gasteiger partial charge in [-0.15, -0.1) is 0 Å². The second-order valence-corrected chi connectivity index (χ2v) is 5.62. The van der Waals surface area contributed by atoms with E-state index in [1.54, 1.807) is 6.07 Å². The monoisotopic (exact) mass is 300 g/mol. The molecule has 1 fully saturated rings. The Kier molecular flexibility index (Phi) is 5.14. The number of nitrogens with two attached hydrogens (primary N) is 1. The van der Waals surface area contributed by atoms with Gasteiger partial charge >= 0.3 is 6.18 Å². The first kappa shape index (κ1) is 16.1. The third-order valence-corrected chi connectivity index (χ3v) is 4.31. The molecule has 0 spiro atoms. The molecular weight excluding hydrogens is 277 g/mol. The van der Waals surface area contributed by atoms with E-state index >= 15 is 0 Å². The second kappa shape index (κ2) is 6.69. The van der Waals surface area contributed by atoms with Gasteiger partial charge in [0.1, 0.15) is 0 Å². The van der Waals surface area contributed by atoms with Crippen LogP contribution in [-0.4, -0.2) is 12.6 Å². The van der Waals surface area contributed by atoms with Gasteiger partial charge in [-0.2, -0.15) is 13.2 Å². The molecule has 1 aliphatic carbocycles. The minimum atomic E-state index is -4.35. The Bertz CT molecular complexity index is 465. The number of nitrogens with zero attached hydrogens (tertiary/aromatic N) is 1. The van der Waals surface area contributed by atoms with E-state index < -0.39 is 11.7 Å². The van der Waals surface area contributed by atoms with Crippen molar-refractivity contribution in [1.82, 2.24) is 0 Å². The molecule has 0 saturated heterocycles. The van der Waals surface area contributed by atoms with Crippen LogP contribution < -0.4 is 10.6 Å². The van der Waals surface area contributed by atoms with Gasteiger partial charge in [0.2, 0.25) is 0 Å². The maximum absolute atomic E-state index is 13.2. The van der Waals surface area contributed by atoms with E-state index in [1.807, 2.05) is 6.92 Å². The van der Waals surface area contributed by atoms with Crippen molar-refractivity contribution in [2.75, 3.05) is 11.4 Å². The van der Waals surface area contributed by atoms with Crippen LogP contribution in [0.15, 0.2) is 18.2 Å². The molecule has 1 aromatic rings. The Hall–Kier alpha value is -1.23. The lowest BCUT2D eigenvalue weighted by atomic mass is 9.93. The van der Waals surface area contributed by atoms with Gasteiger partial charge in [0, 0.05) is 24.8 Å². The molecule has 0 aliphatic heterocycles. The number of hydrogen-bond donors (Lipinski definition) is 1. The lowest BCUT2D eigenvalue weighted by Crippen LogP contribution is -2.36. The first-order chi connectivity index (χ1) is 9.97. The van der Waals surface area contributed by atoms with Gasteiger partial charge in [-0.05, 0) is 37.5 Å². The molecule has 118 valence electrons. The SMILES string of the molecule is CCN(c1ccc(CN)c(C(F)(F)F)c1)C1CCCCC1. The van der Waals surface area contributed by atoms with Crippen LogP contribution in [0.25, 0.3) is 0 Å². The second-order valence-electron chi connectivity index (χ2n) is 5.62. The molecule has 0 unspecified atom stereocenters. The lowest BCUT2D eigenvalue weighted by Gasteiger charge is -2.36. The quantitative estimate of drug-likeness (QED) is 0.897. The van der Waals surface area contributed by atoms with E-state index in [2.05, 4.69) is 4.90 Å². The van der Waals surface area contributed by atoms with E-state index in [9.17, 15) is 13.2 Å². The molecule has 0 atom stereocenters. The Morgan fingerprint density at radius 1 is 1.19 bits per heavy atom. The number of anilines is 1. The minimum absolute atomic E-state index is 0.0926. The van der Waals surface area contributed by atoms with Crippen molar-refractivity contribution in [3.05, 3.63) is 29.3 Å². The van der Waals surface area contributed by atoms with Gasteiger partial charge < -0.3 is 10.6 Å². The Morgan fingerprint density at radius 2 is 1.86 bits per heavy atom. The third-order valence-electron chi connectivity index (χ3n) is 4.31. The third kappa shape index (κ3) is 3.70. The highest BCUT2D eigenvalue weighted by atomic mass is 19.4. The molecule has 0 radical (unpaired) electrons. The summed E-state index contributed by atoms with van der Waals surface area (Å²) in [4.78, 5) is 2.11. The summed E-state index contributed by atoms with van der Waals surface area (Å²) < 4.78 is 39.5. The molecule has 0 bridgehead atoms. The van der Waals surface area contributed by atoms with Gasteiger partial charge in [-0.1, -0.05) is 25.3 Å². The summed E-state index contributed by atoms with van der Waals surface area (Å²) in [5.41, 5.74) is 5.65. The average molecular weight is 300 g/mol. The molecule has 0 aromatic heterocycles. The topological polar surface area (TPSA) is 29.3 Å². The van der Waals surface area contributed by atoms with Crippen LogP contribution in [-0.2, 0) is 12.7 Å². The van der Waals surface area contributed by atoms with Gasteiger partial charge in [0.05, 0.1) is 5.56 Å². The largest absolute Gasteiger partial charge is 0.416 e. The maximum atomic E-state index is 13.2. The van der Waals surface area contributed by atoms with Crippen LogP contribution in [0.5, 0.6) is 0 Å². The highest BCUT2D eigenvalue weighted by Crippen LogP contribution is 2.36. The zero-order chi connectivity index (χ0) is 15.5. The van der Waals surface area contributed by atoms with Crippen LogP contribution in [0.3, 0.4) is 0 Å². The lowest BCUT2D eigenvalue weighted by molar-refractivity contribution is -0.138. The highest BCUT2D eigenvalue weighted by molar-refractivity contribution is 5.52. The van der Waals surface area contributed by atoms with E-state index in [0.717, 1.165) is 32.2 Å². The Labute approximate surface area is 124 Å². The number of alkyl halides is 3. The van der Waals surface area contributed by atoms with Crippen molar-refractivity contribution in [3.63, 3.8) is 0 Å². The van der Waals surface area contributed by atoms with E-state index in [1.165, 1.54) is 18.6 Å². The molecular formula is C16H23F3N2. The zero-order valence-corrected chi connectivity index (χ0v) is 12.4. The molecule has 2 rings (SSSR count). The smallest absolute Gasteiger partial charge is 0.369 e. The summed E-state index contributed by atoms with van der Waals surface area (Å²) in [5, 5.41) is 0. The molecule has 2 nitrogen and oxygen atoms in total. The fourth-order valence-corrected chi connectivity index (χ4v) is 3.23. The summed E-state index contributed by atoms with van der Waals surface area (Å²) in [5.74, 6) is 0. The van der Waals surface area contributed by atoms with E-state index in [0.29, 0.717) is 11.7 Å². The molecule has 1 saturated carbocycles. The van der Waals surface area contributed by atoms with Crippen LogP contribution >= 0.6 is 0 Å². The number of hydrogen-bond acceptors (Lipinski definition) is 2. The van der Waals surface area contributed by atoms with Gasteiger partial charge in [0.15, 0.2) is 0 Å². The van der Waals surface area contributed by atoms with Gasteiger partial charge in [0.25, 0.3) is 0 Å². The fourth-order valence-electron chi connectivity index (χ4n) is 3.23. The Morgan fingerprint density at radius 3 is 2.38 bits per heavy atom. The molecule has 1 aromatic carbocycles. The van der Waals surface area contributed by atoms with Crippen molar-refractivity contribution < 1.29 is 13.2 Å². The minimum Gasteiger partial charge on any atom is -0.369 e. The number of benzene rings is 1. The van der Waals surface area contributed by atoms with Crippen molar-refractivity contribution in [2.45, 2.75) is 57.8 Å². The normalized spacial score (nSPS) is 17.0. The van der Waals surface area contributed by atoms with E-state index in [-0.39, 0.29) is 12.1 Å². The summed E-state index contributed by atoms with van der Waals surface area (Å²) in [6.45, 7) is 2.63. The zero-order valence-electron chi connectivity index (χ0n) is 12.4. The van der Waals surface area contributed by atoms with Crippen molar-refractivity contribution in [1.29, 1.82) is 0 Å². The van der Waals surface area contributed by atoms with Gasteiger partial charge in [-0.3, -0.25) is 0 Å². The van der Waals surface area contributed by atoms with Crippen molar-refractivity contribution >= 4 is 5.69 Å². The predicted octanol–water partition coefficient (Wildman–Crippen LogP) is 4.32. The first-order valence-electron chi connectivity index (χ1n) is 7.64. The fraction of sp³-hybridized carbons (Fsp3) is 0.625. The van der Waals surface area contributed by atoms with E-state index in [4.69, 9.17) is 5.73 Å². The molecule has 5 heteroatoms.